The molecule has 1 nitrogen and oxygen atoms in total. The summed E-state index contributed by atoms with van der Waals surface area (Å²) in [5.41, 5.74) is 1.23. The maximum absolute atomic E-state index is 13.7. The highest BCUT2D eigenvalue weighted by Crippen LogP contribution is 2.29. The second-order valence-corrected chi connectivity index (χ2v) is 4.39. The van der Waals surface area contributed by atoms with E-state index in [9.17, 15) is 9.18 Å². The molecule has 86 valence electrons. The van der Waals surface area contributed by atoms with Crippen molar-refractivity contribution in [3.63, 3.8) is 0 Å². The summed E-state index contributed by atoms with van der Waals surface area (Å²) in [5.74, 6) is -0.479. The average molecular weight is 269 g/mol. The lowest BCUT2D eigenvalue weighted by atomic mass is 10.0. The highest BCUT2D eigenvalue weighted by molar-refractivity contribution is 6.35. The van der Waals surface area contributed by atoms with Crippen LogP contribution in [0.5, 0.6) is 0 Å². The van der Waals surface area contributed by atoms with Crippen molar-refractivity contribution in [2.45, 2.75) is 0 Å². The van der Waals surface area contributed by atoms with E-state index in [-0.39, 0.29) is 0 Å². The lowest BCUT2D eigenvalue weighted by molar-refractivity contribution is 0.112. The fourth-order valence-corrected chi connectivity index (χ4v) is 2.07. The molecule has 2 aromatic carbocycles. The number of hydrogen-bond donors (Lipinski definition) is 0. The van der Waals surface area contributed by atoms with Gasteiger partial charge in [-0.05, 0) is 29.8 Å². The molecule has 0 saturated heterocycles. The van der Waals surface area contributed by atoms with Crippen molar-refractivity contribution in [1.82, 2.24) is 0 Å². The quantitative estimate of drug-likeness (QED) is 0.727. The normalized spacial score (nSPS) is 10.3. The first-order chi connectivity index (χ1) is 8.10. The van der Waals surface area contributed by atoms with Crippen LogP contribution in [0.15, 0.2) is 36.4 Å². The van der Waals surface area contributed by atoms with Crippen molar-refractivity contribution in [2.24, 2.45) is 0 Å². The van der Waals surface area contributed by atoms with Crippen LogP contribution in [0.25, 0.3) is 11.1 Å². The van der Waals surface area contributed by atoms with Gasteiger partial charge in [0.05, 0.1) is 0 Å². The van der Waals surface area contributed by atoms with Crippen LogP contribution in [0.1, 0.15) is 10.4 Å². The van der Waals surface area contributed by atoms with E-state index in [0.717, 1.165) is 0 Å². The molecule has 4 heteroatoms. The van der Waals surface area contributed by atoms with Gasteiger partial charge in [0.1, 0.15) is 12.1 Å². The van der Waals surface area contributed by atoms with Crippen molar-refractivity contribution >= 4 is 29.5 Å². The molecule has 0 heterocycles. The molecule has 2 rings (SSSR count). The summed E-state index contributed by atoms with van der Waals surface area (Å²) in [6.07, 6.45) is 0.595. The van der Waals surface area contributed by atoms with Gasteiger partial charge in [0, 0.05) is 21.2 Å². The molecule has 2 aromatic rings. The number of benzene rings is 2. The monoisotopic (exact) mass is 268 g/mol. The molecule has 0 atom stereocenters. The number of carbonyl (C=O) groups is 1. The van der Waals surface area contributed by atoms with Gasteiger partial charge in [-0.3, -0.25) is 4.79 Å². The van der Waals surface area contributed by atoms with Gasteiger partial charge < -0.3 is 0 Å². The third-order valence-corrected chi connectivity index (χ3v) is 2.74. The summed E-state index contributed by atoms with van der Waals surface area (Å²) in [4.78, 5) is 10.5. The summed E-state index contributed by atoms with van der Waals surface area (Å²) in [7, 11) is 0. The van der Waals surface area contributed by atoms with E-state index in [2.05, 4.69) is 0 Å². The summed E-state index contributed by atoms with van der Waals surface area (Å²) >= 11 is 11.7. The zero-order valence-electron chi connectivity index (χ0n) is 8.58. The van der Waals surface area contributed by atoms with Gasteiger partial charge in [-0.15, -0.1) is 0 Å². The van der Waals surface area contributed by atoms with Gasteiger partial charge in [0.15, 0.2) is 0 Å². The van der Waals surface area contributed by atoms with Crippen LogP contribution in [0.2, 0.25) is 10.0 Å². The van der Waals surface area contributed by atoms with Gasteiger partial charge in [0.25, 0.3) is 0 Å². The number of halogens is 3. The summed E-state index contributed by atoms with van der Waals surface area (Å²) in [5, 5.41) is 0.873. The van der Waals surface area contributed by atoms with E-state index >= 15 is 0 Å². The Morgan fingerprint density at radius 2 is 1.65 bits per heavy atom. The minimum Gasteiger partial charge on any atom is -0.298 e. The lowest BCUT2D eigenvalue weighted by Gasteiger charge is -2.05. The van der Waals surface area contributed by atoms with E-state index < -0.39 is 5.82 Å². The third kappa shape index (κ3) is 2.65. The second kappa shape index (κ2) is 4.86. The maximum atomic E-state index is 13.7. The van der Waals surface area contributed by atoms with Gasteiger partial charge in [0.2, 0.25) is 0 Å². The Morgan fingerprint density at radius 1 is 1.00 bits per heavy atom. The van der Waals surface area contributed by atoms with Crippen LogP contribution in [0.3, 0.4) is 0 Å². The molecule has 0 N–H and O–H groups in total. The van der Waals surface area contributed by atoms with Gasteiger partial charge in [-0.1, -0.05) is 35.3 Å². The van der Waals surface area contributed by atoms with Crippen LogP contribution in [-0.4, -0.2) is 6.29 Å². The van der Waals surface area contributed by atoms with E-state index in [1.807, 2.05) is 0 Å². The van der Waals surface area contributed by atoms with Crippen molar-refractivity contribution in [3.8, 4) is 11.1 Å². The van der Waals surface area contributed by atoms with Crippen LogP contribution in [-0.2, 0) is 0 Å². The predicted octanol–water partition coefficient (Wildman–Crippen LogP) is 4.61. The Labute approximate surface area is 108 Å². The molecule has 0 fully saturated rings. The molecule has 0 aliphatic rings. The second-order valence-electron chi connectivity index (χ2n) is 3.52. The largest absolute Gasteiger partial charge is 0.298 e. The molecule has 0 spiro atoms. The number of aldehydes is 1. The number of rotatable bonds is 2. The molecule has 0 bridgehead atoms. The minimum atomic E-state index is -0.479. The molecule has 0 unspecified atom stereocenters. The number of carbonyl (C=O) groups excluding carboxylic acids is 1. The SMILES string of the molecule is O=Cc1ccc(-c2cc(Cl)cc(Cl)c2)c(F)c1. The van der Waals surface area contributed by atoms with E-state index in [1.165, 1.54) is 12.1 Å². The smallest absolute Gasteiger partial charge is 0.150 e. The standard InChI is InChI=1S/C13H7Cl2FO/c14-10-4-9(5-11(15)6-10)12-2-1-8(7-17)3-13(12)16/h1-7H. The van der Waals surface area contributed by atoms with Gasteiger partial charge >= 0.3 is 0 Å². The van der Waals surface area contributed by atoms with Crippen molar-refractivity contribution in [1.29, 1.82) is 0 Å². The molecule has 17 heavy (non-hydrogen) atoms. The molecule has 0 radical (unpaired) electrons. The van der Waals surface area contributed by atoms with Crippen LogP contribution in [0, 0.1) is 5.82 Å². The molecule has 0 saturated carbocycles. The number of hydrogen-bond acceptors (Lipinski definition) is 1. The molecule has 0 aromatic heterocycles. The Hall–Kier alpha value is -1.38. The Bertz CT molecular complexity index is 561. The van der Waals surface area contributed by atoms with E-state index in [1.54, 1.807) is 24.3 Å². The van der Waals surface area contributed by atoms with Crippen molar-refractivity contribution < 1.29 is 9.18 Å². The van der Waals surface area contributed by atoms with Crippen LogP contribution >= 0.6 is 23.2 Å². The van der Waals surface area contributed by atoms with Gasteiger partial charge in [-0.25, -0.2) is 4.39 Å². The van der Waals surface area contributed by atoms with Crippen LogP contribution in [0.4, 0.5) is 4.39 Å². The minimum absolute atomic E-state index is 0.291. The van der Waals surface area contributed by atoms with Crippen LogP contribution < -0.4 is 0 Å². The van der Waals surface area contributed by atoms with E-state index in [4.69, 9.17) is 23.2 Å². The zero-order valence-corrected chi connectivity index (χ0v) is 10.1. The summed E-state index contributed by atoms with van der Waals surface area (Å²) in [6, 6.07) is 9.06. The molecular weight excluding hydrogens is 262 g/mol. The maximum Gasteiger partial charge on any atom is 0.150 e. The molecule has 0 aliphatic heterocycles. The highest BCUT2D eigenvalue weighted by atomic mass is 35.5. The first-order valence-electron chi connectivity index (χ1n) is 4.81. The fourth-order valence-electron chi connectivity index (χ4n) is 1.55. The van der Waals surface area contributed by atoms with E-state index in [0.29, 0.717) is 33.0 Å². The predicted molar refractivity (Wildman–Crippen MR) is 67.2 cm³/mol. The zero-order chi connectivity index (χ0) is 12.4. The molecular formula is C13H7Cl2FO. The Kier molecular flexibility index (Phi) is 3.46. The lowest BCUT2D eigenvalue weighted by Crippen LogP contribution is -1.88. The van der Waals surface area contributed by atoms with Gasteiger partial charge in [-0.2, -0.15) is 0 Å². The summed E-state index contributed by atoms with van der Waals surface area (Å²) in [6.45, 7) is 0. The van der Waals surface area contributed by atoms with Crippen molar-refractivity contribution in [3.05, 3.63) is 57.8 Å². The highest BCUT2D eigenvalue weighted by Gasteiger charge is 2.07. The Morgan fingerprint density at radius 3 is 2.18 bits per heavy atom. The molecule has 0 amide bonds. The summed E-state index contributed by atoms with van der Waals surface area (Å²) < 4.78 is 13.7. The average Bonchev–Trinajstić information content (AvgIpc) is 2.27. The molecule has 0 aliphatic carbocycles. The fraction of sp³-hybridized carbons (Fsp3) is 0. The first-order valence-corrected chi connectivity index (χ1v) is 5.57. The van der Waals surface area contributed by atoms with Crippen molar-refractivity contribution in [2.75, 3.05) is 0 Å². The third-order valence-electron chi connectivity index (χ3n) is 2.30. The first kappa shape index (κ1) is 12.1. The Balaban J connectivity index is 2.56. The topological polar surface area (TPSA) is 17.1 Å².